The number of benzene rings is 2. The van der Waals surface area contributed by atoms with E-state index in [0.29, 0.717) is 34.7 Å². The van der Waals surface area contributed by atoms with E-state index in [4.69, 9.17) is 9.47 Å². The topological polar surface area (TPSA) is 76.1 Å². The first kappa shape index (κ1) is 18.5. The van der Waals surface area contributed by atoms with Crippen LogP contribution in [0.2, 0.25) is 0 Å². The molecule has 2 aromatic carbocycles. The Balaban J connectivity index is 2.15. The SMILES string of the molecule is COc1ccc2c(c1)N(S(=O)(=O)c1cc(C)c(OC)cc1C)CCC2O. The molecule has 0 saturated carbocycles. The highest BCUT2D eigenvalue weighted by Crippen LogP contribution is 2.40. The third-order valence-corrected chi connectivity index (χ3v) is 6.69. The van der Waals surface area contributed by atoms with Crippen LogP contribution in [0.4, 0.5) is 5.69 Å². The molecule has 0 fully saturated rings. The van der Waals surface area contributed by atoms with Crippen LogP contribution in [-0.2, 0) is 10.0 Å². The molecule has 140 valence electrons. The maximum atomic E-state index is 13.4. The van der Waals surface area contributed by atoms with Gasteiger partial charge >= 0.3 is 0 Å². The fraction of sp³-hybridized carbons (Fsp3) is 0.368. The summed E-state index contributed by atoms with van der Waals surface area (Å²) in [7, 11) is -0.706. The van der Waals surface area contributed by atoms with Crippen molar-refractivity contribution in [1.82, 2.24) is 0 Å². The molecule has 1 aliphatic heterocycles. The minimum Gasteiger partial charge on any atom is -0.497 e. The van der Waals surface area contributed by atoms with Crippen molar-refractivity contribution in [2.24, 2.45) is 0 Å². The Bertz CT molecular complexity index is 939. The van der Waals surface area contributed by atoms with E-state index in [-0.39, 0.29) is 11.4 Å². The molecular formula is C19H23NO5S. The normalized spacial score (nSPS) is 17.0. The van der Waals surface area contributed by atoms with Crippen molar-refractivity contribution in [1.29, 1.82) is 0 Å². The maximum absolute atomic E-state index is 13.4. The molecule has 1 atom stereocenters. The summed E-state index contributed by atoms with van der Waals surface area (Å²) in [6, 6.07) is 8.45. The molecule has 0 aromatic heterocycles. The van der Waals surface area contributed by atoms with Crippen molar-refractivity contribution in [3.8, 4) is 11.5 Å². The number of aryl methyl sites for hydroxylation is 2. The van der Waals surface area contributed by atoms with Gasteiger partial charge in [-0.3, -0.25) is 4.31 Å². The quantitative estimate of drug-likeness (QED) is 0.887. The molecule has 0 radical (unpaired) electrons. The van der Waals surface area contributed by atoms with E-state index in [1.165, 1.54) is 11.4 Å². The predicted octanol–water partition coefficient (Wildman–Crippen LogP) is 2.95. The van der Waals surface area contributed by atoms with Crippen LogP contribution in [0.15, 0.2) is 35.2 Å². The summed E-state index contributed by atoms with van der Waals surface area (Å²) in [5, 5.41) is 10.3. The lowest BCUT2D eigenvalue weighted by molar-refractivity contribution is 0.166. The molecule has 1 aliphatic rings. The molecule has 0 saturated heterocycles. The predicted molar refractivity (Wildman–Crippen MR) is 99.6 cm³/mol. The maximum Gasteiger partial charge on any atom is 0.264 e. The number of rotatable bonds is 4. The zero-order valence-electron chi connectivity index (χ0n) is 15.3. The van der Waals surface area contributed by atoms with Gasteiger partial charge in [0.15, 0.2) is 0 Å². The van der Waals surface area contributed by atoms with Gasteiger partial charge in [0.05, 0.1) is 30.9 Å². The Morgan fingerprint density at radius 1 is 1.08 bits per heavy atom. The van der Waals surface area contributed by atoms with Crippen LogP contribution in [0.25, 0.3) is 0 Å². The van der Waals surface area contributed by atoms with Gasteiger partial charge in [-0.2, -0.15) is 0 Å². The van der Waals surface area contributed by atoms with Gasteiger partial charge in [-0.1, -0.05) is 6.07 Å². The van der Waals surface area contributed by atoms with Crippen LogP contribution in [0, 0.1) is 13.8 Å². The van der Waals surface area contributed by atoms with Crippen molar-refractivity contribution in [2.45, 2.75) is 31.3 Å². The molecule has 2 aromatic rings. The zero-order chi connectivity index (χ0) is 19.1. The number of aliphatic hydroxyl groups excluding tert-OH is 1. The lowest BCUT2D eigenvalue weighted by Gasteiger charge is -2.33. The first-order chi connectivity index (χ1) is 12.3. The molecule has 1 heterocycles. The molecule has 7 heteroatoms. The monoisotopic (exact) mass is 377 g/mol. The molecule has 0 amide bonds. The van der Waals surface area contributed by atoms with Crippen LogP contribution in [0.1, 0.15) is 29.2 Å². The van der Waals surface area contributed by atoms with E-state index in [9.17, 15) is 13.5 Å². The molecule has 1 unspecified atom stereocenters. The summed E-state index contributed by atoms with van der Waals surface area (Å²) in [6.45, 7) is 3.77. The first-order valence-electron chi connectivity index (χ1n) is 8.33. The smallest absolute Gasteiger partial charge is 0.264 e. The summed E-state index contributed by atoms with van der Waals surface area (Å²) in [4.78, 5) is 0.237. The van der Waals surface area contributed by atoms with Gasteiger partial charge in [0.1, 0.15) is 11.5 Å². The standard InChI is InChI=1S/C19H23NO5S/c1-12-10-19(13(2)9-18(12)25-4)26(22,23)20-8-7-17(21)15-6-5-14(24-3)11-16(15)20/h5-6,9-11,17,21H,7-8H2,1-4H3. The Labute approximate surface area is 154 Å². The van der Waals surface area contributed by atoms with Gasteiger partial charge in [0.2, 0.25) is 0 Å². The number of nitrogens with zero attached hydrogens (tertiary/aromatic N) is 1. The van der Waals surface area contributed by atoms with E-state index in [0.717, 1.165) is 5.56 Å². The number of hydrogen-bond acceptors (Lipinski definition) is 5. The summed E-state index contributed by atoms with van der Waals surface area (Å²) in [6.07, 6.45) is -0.353. The number of sulfonamides is 1. The van der Waals surface area contributed by atoms with Gasteiger partial charge < -0.3 is 14.6 Å². The van der Waals surface area contributed by atoms with E-state index < -0.39 is 16.1 Å². The Morgan fingerprint density at radius 2 is 1.81 bits per heavy atom. The van der Waals surface area contributed by atoms with Gasteiger partial charge in [-0.05, 0) is 49.6 Å². The van der Waals surface area contributed by atoms with Gasteiger partial charge in [0.25, 0.3) is 10.0 Å². The second-order valence-electron chi connectivity index (χ2n) is 6.39. The molecule has 0 spiro atoms. The summed E-state index contributed by atoms with van der Waals surface area (Å²) in [5.41, 5.74) is 2.40. The second-order valence-corrected chi connectivity index (χ2v) is 8.22. The highest BCUT2D eigenvalue weighted by atomic mass is 32.2. The van der Waals surface area contributed by atoms with Crippen LogP contribution >= 0.6 is 0 Å². The fourth-order valence-corrected chi connectivity index (χ4v) is 5.08. The second kappa shape index (κ2) is 6.81. The highest BCUT2D eigenvalue weighted by molar-refractivity contribution is 7.92. The zero-order valence-corrected chi connectivity index (χ0v) is 16.1. The summed E-state index contributed by atoms with van der Waals surface area (Å²) in [5.74, 6) is 1.19. The number of anilines is 1. The largest absolute Gasteiger partial charge is 0.497 e. The van der Waals surface area contributed by atoms with E-state index in [1.807, 2.05) is 6.92 Å². The molecule has 3 rings (SSSR count). The average Bonchev–Trinajstić information content (AvgIpc) is 2.62. The van der Waals surface area contributed by atoms with Gasteiger partial charge in [-0.15, -0.1) is 0 Å². The minimum atomic E-state index is -3.79. The fourth-order valence-electron chi connectivity index (χ4n) is 3.29. The highest BCUT2D eigenvalue weighted by Gasteiger charge is 2.34. The Morgan fingerprint density at radius 3 is 2.46 bits per heavy atom. The van der Waals surface area contributed by atoms with E-state index in [1.54, 1.807) is 44.4 Å². The van der Waals surface area contributed by atoms with Crippen LogP contribution in [0.3, 0.4) is 0 Å². The number of fused-ring (bicyclic) bond motifs is 1. The molecule has 6 nitrogen and oxygen atoms in total. The van der Waals surface area contributed by atoms with Gasteiger partial charge in [0, 0.05) is 18.2 Å². The third-order valence-electron chi connectivity index (χ3n) is 4.73. The molecule has 1 N–H and O–H groups in total. The minimum absolute atomic E-state index is 0.203. The van der Waals surface area contributed by atoms with E-state index >= 15 is 0 Å². The van der Waals surface area contributed by atoms with Crippen molar-refractivity contribution in [3.05, 3.63) is 47.0 Å². The van der Waals surface area contributed by atoms with Gasteiger partial charge in [-0.25, -0.2) is 8.42 Å². The lowest BCUT2D eigenvalue weighted by atomic mass is 10.0. The number of aliphatic hydroxyl groups is 1. The molecule has 26 heavy (non-hydrogen) atoms. The number of hydrogen-bond donors (Lipinski definition) is 1. The van der Waals surface area contributed by atoms with Crippen molar-refractivity contribution in [2.75, 3.05) is 25.1 Å². The first-order valence-corrected chi connectivity index (χ1v) is 9.77. The third kappa shape index (κ3) is 3.01. The molecule has 0 aliphatic carbocycles. The molecular weight excluding hydrogens is 354 g/mol. The summed E-state index contributed by atoms with van der Waals surface area (Å²) >= 11 is 0. The number of ether oxygens (including phenoxy) is 2. The van der Waals surface area contributed by atoms with Crippen molar-refractivity contribution >= 4 is 15.7 Å². The summed E-state index contributed by atoms with van der Waals surface area (Å²) < 4.78 is 38.7. The Hall–Kier alpha value is -2.25. The molecule has 0 bridgehead atoms. The lowest BCUT2D eigenvalue weighted by Crippen LogP contribution is -2.37. The van der Waals surface area contributed by atoms with Crippen LogP contribution < -0.4 is 13.8 Å². The van der Waals surface area contributed by atoms with Crippen LogP contribution in [0.5, 0.6) is 11.5 Å². The number of methoxy groups -OCH3 is 2. The Kier molecular flexibility index (Phi) is 4.86. The van der Waals surface area contributed by atoms with Crippen molar-refractivity contribution < 1.29 is 23.0 Å². The van der Waals surface area contributed by atoms with Crippen molar-refractivity contribution in [3.63, 3.8) is 0 Å². The average molecular weight is 377 g/mol. The van der Waals surface area contributed by atoms with E-state index in [2.05, 4.69) is 0 Å². The van der Waals surface area contributed by atoms with Crippen LogP contribution in [-0.4, -0.2) is 34.3 Å².